The summed E-state index contributed by atoms with van der Waals surface area (Å²) in [5, 5.41) is 13.1. The SMILES string of the molecule is CC(Nc1cc(Cl)ccc1Oc1ccccc1)c1cccc(C#N)c1. The highest BCUT2D eigenvalue weighted by Crippen LogP contribution is 2.34. The first-order valence-electron chi connectivity index (χ1n) is 7.95. The van der Waals surface area contributed by atoms with Gasteiger partial charge in [0.15, 0.2) is 5.75 Å². The van der Waals surface area contributed by atoms with E-state index < -0.39 is 0 Å². The molecule has 0 saturated heterocycles. The molecule has 0 spiro atoms. The Morgan fingerprint density at radius 2 is 1.80 bits per heavy atom. The van der Waals surface area contributed by atoms with Gasteiger partial charge in [0, 0.05) is 11.1 Å². The molecule has 3 aromatic rings. The maximum Gasteiger partial charge on any atom is 0.150 e. The highest BCUT2D eigenvalue weighted by molar-refractivity contribution is 6.30. The molecule has 0 amide bonds. The first-order valence-corrected chi connectivity index (χ1v) is 8.32. The fourth-order valence-corrected chi connectivity index (χ4v) is 2.69. The Kier molecular flexibility index (Phi) is 5.23. The Morgan fingerprint density at radius 1 is 1.00 bits per heavy atom. The van der Waals surface area contributed by atoms with Crippen LogP contribution in [0.25, 0.3) is 0 Å². The summed E-state index contributed by atoms with van der Waals surface area (Å²) >= 11 is 6.16. The smallest absolute Gasteiger partial charge is 0.150 e. The lowest BCUT2D eigenvalue weighted by Gasteiger charge is -2.19. The van der Waals surface area contributed by atoms with Gasteiger partial charge >= 0.3 is 0 Å². The average Bonchev–Trinajstić information content (AvgIpc) is 2.65. The lowest BCUT2D eigenvalue weighted by atomic mass is 10.1. The average molecular weight is 349 g/mol. The van der Waals surface area contributed by atoms with Crippen LogP contribution in [-0.4, -0.2) is 0 Å². The third kappa shape index (κ3) is 4.32. The maximum atomic E-state index is 9.07. The van der Waals surface area contributed by atoms with Crippen molar-refractivity contribution >= 4 is 17.3 Å². The van der Waals surface area contributed by atoms with E-state index in [1.54, 1.807) is 12.1 Å². The number of benzene rings is 3. The normalized spacial score (nSPS) is 11.4. The lowest BCUT2D eigenvalue weighted by molar-refractivity contribution is 0.484. The van der Waals surface area contributed by atoms with E-state index in [1.165, 1.54) is 0 Å². The quantitative estimate of drug-likeness (QED) is 0.599. The number of hydrogen-bond donors (Lipinski definition) is 1. The predicted molar refractivity (Wildman–Crippen MR) is 101 cm³/mol. The molecule has 1 unspecified atom stereocenters. The minimum Gasteiger partial charge on any atom is -0.455 e. The molecule has 3 nitrogen and oxygen atoms in total. The number of nitriles is 1. The van der Waals surface area contributed by atoms with Crippen LogP contribution in [0.5, 0.6) is 11.5 Å². The Balaban J connectivity index is 1.86. The monoisotopic (exact) mass is 348 g/mol. The van der Waals surface area contributed by atoms with Crippen LogP contribution >= 0.6 is 11.6 Å². The van der Waals surface area contributed by atoms with Crippen LogP contribution in [0.4, 0.5) is 5.69 Å². The van der Waals surface area contributed by atoms with Crippen molar-refractivity contribution in [3.05, 3.63) is 88.9 Å². The fourth-order valence-electron chi connectivity index (χ4n) is 2.51. The molecule has 0 saturated carbocycles. The molecule has 0 aliphatic heterocycles. The molecule has 1 atom stereocenters. The van der Waals surface area contributed by atoms with Gasteiger partial charge in [-0.1, -0.05) is 41.9 Å². The van der Waals surface area contributed by atoms with E-state index >= 15 is 0 Å². The Bertz CT molecular complexity index is 903. The van der Waals surface area contributed by atoms with Gasteiger partial charge in [0.1, 0.15) is 5.75 Å². The first-order chi connectivity index (χ1) is 12.2. The van der Waals surface area contributed by atoms with Crippen LogP contribution < -0.4 is 10.1 Å². The topological polar surface area (TPSA) is 45.0 Å². The minimum atomic E-state index is -0.00936. The summed E-state index contributed by atoms with van der Waals surface area (Å²) in [5.41, 5.74) is 2.45. The number of hydrogen-bond acceptors (Lipinski definition) is 3. The summed E-state index contributed by atoms with van der Waals surface area (Å²) in [4.78, 5) is 0. The zero-order valence-electron chi connectivity index (χ0n) is 13.7. The van der Waals surface area contributed by atoms with Crippen LogP contribution in [0.3, 0.4) is 0 Å². The molecule has 0 aliphatic carbocycles. The molecule has 1 N–H and O–H groups in total. The molecule has 0 bridgehead atoms. The van der Waals surface area contributed by atoms with Gasteiger partial charge in [-0.3, -0.25) is 0 Å². The van der Waals surface area contributed by atoms with Gasteiger partial charge in [-0.15, -0.1) is 0 Å². The van der Waals surface area contributed by atoms with Gasteiger partial charge in [-0.25, -0.2) is 0 Å². The van der Waals surface area contributed by atoms with Gasteiger partial charge in [0.2, 0.25) is 0 Å². The summed E-state index contributed by atoms with van der Waals surface area (Å²) < 4.78 is 5.97. The third-order valence-corrected chi connectivity index (χ3v) is 4.04. The van der Waals surface area contributed by atoms with Crippen LogP contribution in [0.1, 0.15) is 24.1 Å². The van der Waals surface area contributed by atoms with E-state index in [4.69, 9.17) is 21.6 Å². The zero-order chi connectivity index (χ0) is 17.6. The van der Waals surface area contributed by atoms with E-state index in [0.29, 0.717) is 16.3 Å². The van der Waals surface area contributed by atoms with E-state index in [1.807, 2.05) is 67.6 Å². The second-order valence-electron chi connectivity index (χ2n) is 5.66. The molecule has 25 heavy (non-hydrogen) atoms. The molecule has 0 aliphatic rings. The molecule has 0 heterocycles. The van der Waals surface area contributed by atoms with Crippen molar-refractivity contribution in [3.63, 3.8) is 0 Å². The van der Waals surface area contributed by atoms with Crippen LogP contribution in [-0.2, 0) is 0 Å². The van der Waals surface area contributed by atoms with Crippen molar-refractivity contribution in [3.8, 4) is 17.6 Å². The molecule has 3 aromatic carbocycles. The third-order valence-electron chi connectivity index (χ3n) is 3.80. The number of rotatable bonds is 5. The zero-order valence-corrected chi connectivity index (χ0v) is 14.5. The van der Waals surface area contributed by atoms with Crippen LogP contribution in [0.2, 0.25) is 5.02 Å². The number of nitrogens with zero attached hydrogens (tertiary/aromatic N) is 1. The Hall–Kier alpha value is -2.96. The van der Waals surface area contributed by atoms with Crippen molar-refractivity contribution in [2.75, 3.05) is 5.32 Å². The first kappa shape index (κ1) is 16.9. The fraction of sp³-hybridized carbons (Fsp3) is 0.0952. The number of anilines is 1. The van der Waals surface area contributed by atoms with Crippen molar-refractivity contribution in [1.82, 2.24) is 0 Å². The summed E-state index contributed by atoms with van der Waals surface area (Å²) in [6.07, 6.45) is 0. The highest BCUT2D eigenvalue weighted by Gasteiger charge is 2.11. The number of nitrogens with one attached hydrogen (secondary N) is 1. The molecule has 0 radical (unpaired) electrons. The summed E-state index contributed by atoms with van der Waals surface area (Å²) in [7, 11) is 0. The molecule has 0 fully saturated rings. The summed E-state index contributed by atoms with van der Waals surface area (Å²) in [6.45, 7) is 2.03. The van der Waals surface area contributed by atoms with Crippen molar-refractivity contribution < 1.29 is 4.74 Å². The predicted octanol–water partition coefficient (Wildman–Crippen LogP) is 6.18. The molecular formula is C21H17ClN2O. The van der Waals surface area contributed by atoms with Crippen molar-refractivity contribution in [2.45, 2.75) is 13.0 Å². The van der Waals surface area contributed by atoms with E-state index in [2.05, 4.69) is 11.4 Å². The number of halogens is 1. The molecular weight excluding hydrogens is 332 g/mol. The van der Waals surface area contributed by atoms with Crippen LogP contribution in [0.15, 0.2) is 72.8 Å². The highest BCUT2D eigenvalue weighted by atomic mass is 35.5. The Labute approximate surface area is 152 Å². The van der Waals surface area contributed by atoms with Gasteiger partial charge in [-0.2, -0.15) is 5.26 Å². The number of para-hydroxylation sites is 1. The second-order valence-corrected chi connectivity index (χ2v) is 6.10. The Morgan fingerprint density at radius 3 is 2.56 bits per heavy atom. The molecule has 0 aromatic heterocycles. The van der Waals surface area contributed by atoms with Crippen molar-refractivity contribution in [1.29, 1.82) is 5.26 Å². The van der Waals surface area contributed by atoms with Crippen LogP contribution in [0, 0.1) is 11.3 Å². The number of ether oxygens (including phenoxy) is 1. The molecule has 124 valence electrons. The summed E-state index contributed by atoms with van der Waals surface area (Å²) in [6, 6.07) is 24.8. The van der Waals surface area contributed by atoms with Gasteiger partial charge in [0.05, 0.1) is 17.3 Å². The largest absolute Gasteiger partial charge is 0.455 e. The molecule has 3 rings (SSSR count). The van der Waals surface area contributed by atoms with Gasteiger partial charge < -0.3 is 10.1 Å². The van der Waals surface area contributed by atoms with Gasteiger partial charge in [-0.05, 0) is 55.0 Å². The lowest BCUT2D eigenvalue weighted by Crippen LogP contribution is -2.07. The maximum absolute atomic E-state index is 9.07. The van der Waals surface area contributed by atoms with E-state index in [0.717, 1.165) is 17.0 Å². The minimum absolute atomic E-state index is 0.00936. The second kappa shape index (κ2) is 7.74. The van der Waals surface area contributed by atoms with E-state index in [9.17, 15) is 0 Å². The summed E-state index contributed by atoms with van der Waals surface area (Å²) in [5.74, 6) is 1.45. The molecule has 4 heteroatoms. The van der Waals surface area contributed by atoms with Gasteiger partial charge in [0.25, 0.3) is 0 Å². The standard InChI is InChI=1S/C21H17ClN2O/c1-15(17-7-5-6-16(12-17)14-23)24-20-13-18(22)10-11-21(20)25-19-8-3-2-4-9-19/h2-13,15,24H,1H3. The van der Waals surface area contributed by atoms with Crippen molar-refractivity contribution in [2.24, 2.45) is 0 Å². The van der Waals surface area contributed by atoms with E-state index in [-0.39, 0.29) is 6.04 Å².